The monoisotopic (exact) mass is 419 g/mol. The Bertz CT molecular complexity index is 1110. The van der Waals surface area contributed by atoms with Gasteiger partial charge in [0.25, 0.3) is 0 Å². The van der Waals surface area contributed by atoms with Crippen LogP contribution in [0.4, 0.5) is 5.82 Å². The number of hydrogen-bond donors (Lipinski definition) is 1. The second kappa shape index (κ2) is 8.29. The summed E-state index contributed by atoms with van der Waals surface area (Å²) < 4.78 is 4.82. The summed E-state index contributed by atoms with van der Waals surface area (Å²) in [5.74, 6) is 0.391. The van der Waals surface area contributed by atoms with Crippen molar-refractivity contribution >= 4 is 22.8 Å². The number of hydrogen-bond acceptors (Lipinski definition) is 5. The lowest BCUT2D eigenvalue weighted by atomic mass is 9.82. The molecule has 1 aromatic heterocycles. The third-order valence-electron chi connectivity index (χ3n) is 5.29. The van der Waals surface area contributed by atoms with Gasteiger partial charge in [-0.3, -0.25) is 0 Å². The normalized spacial score (nSPS) is 12.1. The topological polar surface area (TPSA) is 64.1 Å². The summed E-state index contributed by atoms with van der Waals surface area (Å²) in [6.07, 6.45) is 0.966. The van der Waals surface area contributed by atoms with Gasteiger partial charge in [-0.1, -0.05) is 32.9 Å². The predicted octanol–water partition coefficient (Wildman–Crippen LogP) is 6.33. The fraction of sp³-hybridized carbons (Fsp3) is 0.423. The average Bonchev–Trinajstić information content (AvgIpc) is 2.66. The molecule has 0 saturated heterocycles. The van der Waals surface area contributed by atoms with Crippen LogP contribution in [0.2, 0.25) is 0 Å². The van der Waals surface area contributed by atoms with Crippen LogP contribution in [0.5, 0.6) is 0 Å². The lowest BCUT2D eigenvalue weighted by Gasteiger charge is -2.34. The van der Waals surface area contributed by atoms with Gasteiger partial charge in [0.15, 0.2) is 5.82 Å². The second-order valence-corrected chi connectivity index (χ2v) is 10.2. The molecule has 1 N–H and O–H groups in total. The molecule has 0 amide bonds. The van der Waals surface area contributed by atoms with Crippen LogP contribution in [-0.4, -0.2) is 28.6 Å². The Morgan fingerprint density at radius 3 is 2.00 bits per heavy atom. The highest BCUT2D eigenvalue weighted by Crippen LogP contribution is 2.34. The maximum Gasteiger partial charge on any atom is 0.337 e. The molecule has 5 heteroatoms. The summed E-state index contributed by atoms with van der Waals surface area (Å²) in [4.78, 5) is 21.8. The van der Waals surface area contributed by atoms with Gasteiger partial charge in [-0.25, -0.2) is 14.8 Å². The summed E-state index contributed by atoms with van der Waals surface area (Å²) in [7, 11) is 1.38. The van der Waals surface area contributed by atoms with Gasteiger partial charge in [0.1, 0.15) is 5.69 Å². The maximum absolute atomic E-state index is 11.8. The number of nitrogens with zero attached hydrogens (tertiary/aromatic N) is 2. The van der Waals surface area contributed by atoms with Crippen molar-refractivity contribution in [3.05, 3.63) is 53.1 Å². The van der Waals surface area contributed by atoms with Crippen molar-refractivity contribution in [1.82, 2.24) is 9.97 Å². The summed E-state index contributed by atoms with van der Waals surface area (Å²) in [6.45, 7) is 15.3. The number of methoxy groups -OCH3 is 1. The van der Waals surface area contributed by atoms with E-state index >= 15 is 0 Å². The Labute approximate surface area is 185 Å². The smallest absolute Gasteiger partial charge is 0.337 e. The van der Waals surface area contributed by atoms with Crippen molar-refractivity contribution in [3.8, 4) is 11.3 Å². The van der Waals surface area contributed by atoms with Gasteiger partial charge >= 0.3 is 5.97 Å². The van der Waals surface area contributed by atoms with Crippen LogP contribution in [0, 0.1) is 19.3 Å². The zero-order valence-electron chi connectivity index (χ0n) is 19.9. The van der Waals surface area contributed by atoms with Crippen molar-refractivity contribution in [1.29, 1.82) is 0 Å². The fourth-order valence-electron chi connectivity index (χ4n) is 4.17. The fourth-order valence-corrected chi connectivity index (χ4v) is 4.17. The molecule has 31 heavy (non-hydrogen) atoms. The van der Waals surface area contributed by atoms with Crippen LogP contribution in [0.15, 0.2) is 36.4 Å². The molecule has 0 unspecified atom stereocenters. The number of carbonyl (C=O) groups is 1. The van der Waals surface area contributed by atoms with E-state index in [1.807, 2.05) is 12.1 Å². The van der Waals surface area contributed by atoms with E-state index < -0.39 is 0 Å². The average molecular weight is 420 g/mol. The molecular formula is C26H33N3O2. The molecule has 5 nitrogen and oxygen atoms in total. The number of benzene rings is 2. The molecule has 0 atom stereocenters. The zero-order chi connectivity index (χ0) is 23.0. The molecule has 2 aromatic carbocycles. The first-order valence-corrected chi connectivity index (χ1v) is 10.6. The van der Waals surface area contributed by atoms with Gasteiger partial charge in [-0.05, 0) is 74.9 Å². The minimum absolute atomic E-state index is 0.163. The third kappa shape index (κ3) is 5.40. The van der Waals surface area contributed by atoms with Gasteiger partial charge in [0.05, 0.1) is 23.7 Å². The Hall–Kier alpha value is -2.95. The predicted molar refractivity (Wildman–Crippen MR) is 128 cm³/mol. The Kier molecular flexibility index (Phi) is 6.08. The number of nitrogens with one attached hydrogen (secondary N) is 1. The van der Waals surface area contributed by atoms with E-state index in [4.69, 9.17) is 14.7 Å². The number of carbonyl (C=O) groups excluding carboxylic acids is 1. The molecule has 3 aromatic rings. The molecule has 0 radical (unpaired) electrons. The van der Waals surface area contributed by atoms with Gasteiger partial charge in [-0.2, -0.15) is 0 Å². The van der Waals surface area contributed by atoms with E-state index in [-0.39, 0.29) is 16.9 Å². The number of aryl methyl sites for hydroxylation is 2. The Morgan fingerprint density at radius 1 is 0.935 bits per heavy atom. The lowest BCUT2D eigenvalue weighted by molar-refractivity contribution is 0.0600. The van der Waals surface area contributed by atoms with Crippen molar-refractivity contribution in [2.75, 3.05) is 12.4 Å². The number of ether oxygens (including phenoxy) is 1. The first kappa shape index (κ1) is 22.7. The molecule has 3 rings (SSSR count). The van der Waals surface area contributed by atoms with E-state index in [1.165, 1.54) is 18.2 Å². The van der Waals surface area contributed by atoms with Crippen molar-refractivity contribution in [2.45, 2.75) is 60.4 Å². The van der Waals surface area contributed by atoms with E-state index in [0.29, 0.717) is 5.56 Å². The highest BCUT2D eigenvalue weighted by atomic mass is 16.5. The highest BCUT2D eigenvalue weighted by Gasteiger charge is 2.27. The largest absolute Gasteiger partial charge is 0.465 e. The minimum atomic E-state index is -0.355. The molecule has 164 valence electrons. The molecule has 0 aliphatic carbocycles. The number of fused-ring (bicyclic) bond motifs is 1. The summed E-state index contributed by atoms with van der Waals surface area (Å²) in [6, 6.07) is 11.5. The number of rotatable bonds is 5. The van der Waals surface area contributed by atoms with Crippen LogP contribution in [0.3, 0.4) is 0 Å². The van der Waals surface area contributed by atoms with Crippen molar-refractivity contribution < 1.29 is 9.53 Å². The first-order chi connectivity index (χ1) is 14.4. The Balaban J connectivity index is 2.14. The maximum atomic E-state index is 11.8. The SMILES string of the molecule is COC(=O)c1ccc(-c2nc3cc(C)c(C)cc3nc2NC(C)(C)CC(C)(C)C)cc1. The van der Waals surface area contributed by atoms with Crippen LogP contribution in [-0.2, 0) is 4.74 Å². The molecule has 0 saturated carbocycles. The highest BCUT2D eigenvalue weighted by molar-refractivity contribution is 5.90. The van der Waals surface area contributed by atoms with E-state index in [9.17, 15) is 4.79 Å². The van der Waals surface area contributed by atoms with E-state index in [1.54, 1.807) is 12.1 Å². The molecule has 1 heterocycles. The standard InChI is InChI=1S/C26H33N3O2/c1-16-13-20-21(14-17(16)2)28-23(29-26(6,7)15-25(3,4)5)22(27-20)18-9-11-19(12-10-18)24(30)31-8/h9-14H,15H2,1-8H3,(H,28,29). The molecule has 0 spiro atoms. The van der Waals surface area contributed by atoms with Crippen LogP contribution < -0.4 is 5.32 Å². The quantitative estimate of drug-likeness (QED) is 0.490. The summed E-state index contributed by atoms with van der Waals surface area (Å²) >= 11 is 0. The first-order valence-electron chi connectivity index (χ1n) is 10.6. The van der Waals surface area contributed by atoms with Crippen LogP contribution in [0.25, 0.3) is 22.3 Å². The number of aromatic nitrogens is 2. The number of esters is 1. The molecule has 0 bridgehead atoms. The van der Waals surface area contributed by atoms with Crippen molar-refractivity contribution in [2.24, 2.45) is 5.41 Å². The molecule has 0 aliphatic heterocycles. The molecule has 0 fully saturated rings. The van der Waals surface area contributed by atoms with Crippen LogP contribution >= 0.6 is 0 Å². The van der Waals surface area contributed by atoms with E-state index in [0.717, 1.165) is 34.5 Å². The Morgan fingerprint density at radius 2 is 1.48 bits per heavy atom. The number of anilines is 1. The second-order valence-electron chi connectivity index (χ2n) is 10.2. The lowest BCUT2D eigenvalue weighted by Crippen LogP contribution is -2.36. The van der Waals surface area contributed by atoms with Gasteiger partial charge in [0.2, 0.25) is 0 Å². The van der Waals surface area contributed by atoms with Crippen molar-refractivity contribution in [3.63, 3.8) is 0 Å². The zero-order valence-corrected chi connectivity index (χ0v) is 19.9. The van der Waals surface area contributed by atoms with Gasteiger partial charge in [-0.15, -0.1) is 0 Å². The van der Waals surface area contributed by atoms with Crippen LogP contribution in [0.1, 0.15) is 62.5 Å². The van der Waals surface area contributed by atoms with E-state index in [2.05, 4.69) is 65.9 Å². The summed E-state index contributed by atoms with van der Waals surface area (Å²) in [5, 5.41) is 3.65. The van der Waals surface area contributed by atoms with Gasteiger partial charge < -0.3 is 10.1 Å². The molecular weight excluding hydrogens is 386 g/mol. The minimum Gasteiger partial charge on any atom is -0.465 e. The summed E-state index contributed by atoms with van der Waals surface area (Å²) in [5.41, 5.74) is 6.26. The van der Waals surface area contributed by atoms with Gasteiger partial charge in [0, 0.05) is 11.1 Å². The third-order valence-corrected chi connectivity index (χ3v) is 5.29. The molecule has 0 aliphatic rings.